The van der Waals surface area contributed by atoms with Crippen LogP contribution in [0.4, 0.5) is 30.7 Å². The van der Waals surface area contributed by atoms with Crippen molar-refractivity contribution >= 4 is 5.78 Å². The summed E-state index contributed by atoms with van der Waals surface area (Å²) in [4.78, 5) is 11.6. The van der Waals surface area contributed by atoms with Crippen LogP contribution in [0.15, 0.2) is 41.7 Å². The highest BCUT2D eigenvalue weighted by Gasteiger charge is 2.38. The third-order valence-corrected chi connectivity index (χ3v) is 3.55. The van der Waals surface area contributed by atoms with E-state index < -0.39 is 58.9 Å². The van der Waals surface area contributed by atoms with E-state index in [0.29, 0.717) is 12.2 Å². The number of ketones is 1. The molecular weight excluding hydrogens is 357 g/mol. The van der Waals surface area contributed by atoms with E-state index in [4.69, 9.17) is 4.74 Å². The van der Waals surface area contributed by atoms with Gasteiger partial charge in [0.15, 0.2) is 5.78 Å². The Morgan fingerprint density at radius 2 is 1.68 bits per heavy atom. The van der Waals surface area contributed by atoms with E-state index in [0.717, 1.165) is 12.1 Å². The van der Waals surface area contributed by atoms with Crippen molar-refractivity contribution in [3.8, 4) is 0 Å². The fourth-order valence-corrected chi connectivity index (χ4v) is 2.17. The SMILES string of the molecule is CC1C(=O)C=C(C(F)(F)F)C=C1OCc1ccc(F)cc1C(F)(F)F. The van der Waals surface area contributed by atoms with Crippen LogP contribution < -0.4 is 0 Å². The average Bonchev–Trinajstić information content (AvgIpc) is 2.47. The lowest BCUT2D eigenvalue weighted by Gasteiger charge is -2.22. The van der Waals surface area contributed by atoms with Gasteiger partial charge in [0.25, 0.3) is 0 Å². The molecule has 9 heteroatoms. The van der Waals surface area contributed by atoms with Gasteiger partial charge in [-0.2, -0.15) is 26.3 Å². The van der Waals surface area contributed by atoms with Crippen LogP contribution in [0.3, 0.4) is 0 Å². The minimum Gasteiger partial charge on any atom is -0.492 e. The molecule has 0 heterocycles. The van der Waals surface area contributed by atoms with E-state index in [1.54, 1.807) is 0 Å². The van der Waals surface area contributed by atoms with Crippen LogP contribution in [-0.4, -0.2) is 12.0 Å². The molecule has 1 aromatic carbocycles. The number of alkyl halides is 6. The van der Waals surface area contributed by atoms with Crippen LogP contribution in [-0.2, 0) is 22.3 Å². The fourth-order valence-electron chi connectivity index (χ4n) is 2.17. The van der Waals surface area contributed by atoms with Crippen molar-refractivity contribution in [3.05, 3.63) is 58.6 Å². The molecule has 1 unspecified atom stereocenters. The first-order chi connectivity index (χ1) is 11.4. The number of allylic oxidation sites excluding steroid dienone is 4. The smallest absolute Gasteiger partial charge is 0.416 e. The molecule has 136 valence electrons. The number of hydrogen-bond acceptors (Lipinski definition) is 2. The number of carbonyl (C=O) groups excluding carboxylic acids is 1. The van der Waals surface area contributed by atoms with Gasteiger partial charge in [-0.3, -0.25) is 4.79 Å². The van der Waals surface area contributed by atoms with Crippen LogP contribution >= 0.6 is 0 Å². The zero-order chi connectivity index (χ0) is 19.0. The summed E-state index contributed by atoms with van der Waals surface area (Å²) >= 11 is 0. The number of halogens is 7. The number of ether oxygens (including phenoxy) is 1. The molecule has 0 aromatic heterocycles. The Hall–Kier alpha value is -2.32. The Labute approximate surface area is 137 Å². The predicted octanol–water partition coefficient (Wildman–Crippen LogP) is 4.95. The second kappa shape index (κ2) is 6.53. The maximum Gasteiger partial charge on any atom is 0.416 e. The van der Waals surface area contributed by atoms with Crippen molar-refractivity contribution in [2.45, 2.75) is 25.9 Å². The lowest BCUT2D eigenvalue weighted by atomic mass is 9.94. The van der Waals surface area contributed by atoms with Crippen LogP contribution in [0.25, 0.3) is 0 Å². The van der Waals surface area contributed by atoms with E-state index in [2.05, 4.69) is 0 Å². The monoisotopic (exact) mass is 368 g/mol. The molecule has 0 fully saturated rings. The van der Waals surface area contributed by atoms with Crippen molar-refractivity contribution in [3.63, 3.8) is 0 Å². The molecule has 2 nitrogen and oxygen atoms in total. The quantitative estimate of drug-likeness (QED) is 0.706. The molecule has 0 N–H and O–H groups in total. The summed E-state index contributed by atoms with van der Waals surface area (Å²) in [5, 5.41) is 0. The summed E-state index contributed by atoms with van der Waals surface area (Å²) in [5.41, 5.74) is -3.01. The summed E-state index contributed by atoms with van der Waals surface area (Å²) in [5.74, 6) is -3.46. The third kappa shape index (κ3) is 4.40. The molecule has 0 saturated heterocycles. The van der Waals surface area contributed by atoms with Gasteiger partial charge in [0.1, 0.15) is 18.2 Å². The van der Waals surface area contributed by atoms with Gasteiger partial charge in [0, 0.05) is 5.56 Å². The van der Waals surface area contributed by atoms with Gasteiger partial charge in [-0.15, -0.1) is 0 Å². The van der Waals surface area contributed by atoms with Gasteiger partial charge < -0.3 is 4.74 Å². The maximum atomic E-state index is 13.0. The molecule has 0 spiro atoms. The van der Waals surface area contributed by atoms with Crippen molar-refractivity contribution in [2.75, 3.05) is 0 Å². The van der Waals surface area contributed by atoms with E-state index >= 15 is 0 Å². The topological polar surface area (TPSA) is 26.3 Å². The van der Waals surface area contributed by atoms with E-state index in [1.165, 1.54) is 6.92 Å². The van der Waals surface area contributed by atoms with Gasteiger partial charge in [-0.05, 0) is 31.2 Å². The Bertz CT molecular complexity index is 742. The zero-order valence-corrected chi connectivity index (χ0v) is 12.6. The minimum atomic E-state index is -4.86. The molecule has 1 aliphatic carbocycles. The van der Waals surface area contributed by atoms with Gasteiger partial charge >= 0.3 is 12.4 Å². The second-order valence-corrected chi connectivity index (χ2v) is 5.36. The molecule has 0 radical (unpaired) electrons. The van der Waals surface area contributed by atoms with Gasteiger partial charge in [0.05, 0.1) is 17.1 Å². The summed E-state index contributed by atoms with van der Waals surface area (Å²) in [6.45, 7) is 0.511. The lowest BCUT2D eigenvalue weighted by Crippen LogP contribution is -2.23. The van der Waals surface area contributed by atoms with Crippen molar-refractivity contribution in [2.24, 2.45) is 5.92 Å². The normalized spacial score (nSPS) is 18.7. The Morgan fingerprint density at radius 3 is 2.24 bits per heavy atom. The first-order valence-electron chi connectivity index (χ1n) is 6.92. The zero-order valence-electron chi connectivity index (χ0n) is 12.6. The Morgan fingerprint density at radius 1 is 1.04 bits per heavy atom. The predicted molar refractivity (Wildman–Crippen MR) is 72.6 cm³/mol. The van der Waals surface area contributed by atoms with Gasteiger partial charge in [-0.25, -0.2) is 4.39 Å². The van der Waals surface area contributed by atoms with Crippen molar-refractivity contribution < 1.29 is 40.3 Å². The largest absolute Gasteiger partial charge is 0.492 e. The molecule has 2 rings (SSSR count). The third-order valence-electron chi connectivity index (χ3n) is 3.55. The first-order valence-corrected chi connectivity index (χ1v) is 6.92. The lowest BCUT2D eigenvalue weighted by molar-refractivity contribution is -0.139. The van der Waals surface area contributed by atoms with E-state index in [-0.39, 0.29) is 6.07 Å². The number of carbonyl (C=O) groups is 1. The molecule has 0 bridgehead atoms. The van der Waals surface area contributed by atoms with Gasteiger partial charge in [-0.1, -0.05) is 6.07 Å². The average molecular weight is 368 g/mol. The van der Waals surface area contributed by atoms with Crippen LogP contribution in [0.5, 0.6) is 0 Å². The molecule has 0 aliphatic heterocycles. The minimum absolute atomic E-state index is 0.267. The Balaban J connectivity index is 2.28. The molecule has 1 aromatic rings. The number of hydrogen-bond donors (Lipinski definition) is 0. The highest BCUT2D eigenvalue weighted by Crippen LogP contribution is 2.35. The van der Waals surface area contributed by atoms with E-state index in [9.17, 15) is 35.5 Å². The van der Waals surface area contributed by atoms with Crippen molar-refractivity contribution in [1.82, 2.24) is 0 Å². The van der Waals surface area contributed by atoms with E-state index in [1.807, 2.05) is 0 Å². The molecule has 1 aliphatic rings. The Kier molecular flexibility index (Phi) is 4.97. The summed E-state index contributed by atoms with van der Waals surface area (Å²) < 4.78 is 95.0. The van der Waals surface area contributed by atoms with Crippen LogP contribution in [0.2, 0.25) is 0 Å². The summed E-state index contributed by atoms with van der Waals surface area (Å²) in [6, 6.07) is 1.87. The van der Waals surface area contributed by atoms with Crippen molar-refractivity contribution in [1.29, 1.82) is 0 Å². The molecule has 25 heavy (non-hydrogen) atoms. The highest BCUT2D eigenvalue weighted by molar-refractivity contribution is 5.95. The standard InChI is InChI=1S/C16H11F7O2/c1-8-13(24)4-10(15(18,19)20)5-14(8)25-7-9-2-3-11(17)6-12(9)16(21,22)23/h2-6,8H,7H2,1H3. The summed E-state index contributed by atoms with van der Waals surface area (Å²) in [7, 11) is 0. The first kappa shape index (κ1) is 19.0. The summed E-state index contributed by atoms with van der Waals surface area (Å²) in [6.07, 6.45) is -8.67. The fraction of sp³-hybridized carbons (Fsp3) is 0.312. The molecule has 1 atom stereocenters. The maximum absolute atomic E-state index is 13.0. The second-order valence-electron chi connectivity index (χ2n) is 5.36. The molecular formula is C16H11F7O2. The number of rotatable bonds is 3. The number of benzene rings is 1. The van der Waals surface area contributed by atoms with Gasteiger partial charge in [0.2, 0.25) is 0 Å². The van der Waals surface area contributed by atoms with Crippen LogP contribution in [0, 0.1) is 11.7 Å². The molecule has 0 saturated carbocycles. The molecule has 0 amide bonds. The highest BCUT2D eigenvalue weighted by atomic mass is 19.4. The van der Waals surface area contributed by atoms with Crippen LogP contribution in [0.1, 0.15) is 18.1 Å².